The average molecular weight is 607 g/mol. The number of benzene rings is 1. The second-order valence-corrected chi connectivity index (χ2v) is 11.9. The zero-order valence-electron chi connectivity index (χ0n) is 26.5. The molecular weight excluding hydrogens is 564 g/mol. The van der Waals surface area contributed by atoms with Gasteiger partial charge in [-0.1, -0.05) is 19.9 Å². The molecule has 4 aliphatic heterocycles. The number of hydrogen-bond acceptors (Lipinski definition) is 10. The maximum absolute atomic E-state index is 13.1. The van der Waals surface area contributed by atoms with Crippen LogP contribution in [0.3, 0.4) is 0 Å². The maximum Gasteiger partial charge on any atom is 0.308 e. The number of nitrogens with one attached hydrogen (secondary N) is 1. The van der Waals surface area contributed by atoms with Gasteiger partial charge in [-0.25, -0.2) is 0 Å². The van der Waals surface area contributed by atoms with E-state index in [9.17, 15) is 20.0 Å². The van der Waals surface area contributed by atoms with Crippen LogP contribution in [0.25, 0.3) is 0 Å². The highest BCUT2D eigenvalue weighted by Gasteiger charge is 2.56. The van der Waals surface area contributed by atoms with E-state index in [2.05, 4.69) is 21.2 Å². The van der Waals surface area contributed by atoms with E-state index in [1.807, 2.05) is 33.9 Å². The fraction of sp³-hybridized carbons (Fsp3) is 0.545. The SMILES string of the molecule is C/C=C(\OC(C)=O)C1=C(C2=COCO2)[C@H](CNC(=O)C(C)CC)N2C(C1)[C@H]1c3c(cc(C)c(OC)c3O)C[C@@H]([C@@H]2C#N)N1C. The number of hydrogen-bond donors (Lipinski definition) is 2. The highest BCUT2D eigenvalue weighted by Crippen LogP contribution is 2.54. The first kappa shape index (κ1) is 31.4. The Hall–Kier alpha value is -4.01. The minimum absolute atomic E-state index is 0.0241. The summed E-state index contributed by atoms with van der Waals surface area (Å²) >= 11 is 0. The van der Waals surface area contributed by atoms with E-state index in [1.54, 1.807) is 20.1 Å². The lowest BCUT2D eigenvalue weighted by Gasteiger charge is -2.60. The van der Waals surface area contributed by atoms with Crippen LogP contribution < -0.4 is 10.1 Å². The van der Waals surface area contributed by atoms with Gasteiger partial charge in [0.15, 0.2) is 17.3 Å². The number of rotatable bonds is 8. The van der Waals surface area contributed by atoms with Crippen LogP contribution in [0.1, 0.15) is 63.3 Å². The van der Waals surface area contributed by atoms with Gasteiger partial charge in [-0.15, -0.1) is 0 Å². The number of nitriles is 1. The largest absolute Gasteiger partial charge is 0.504 e. The smallest absolute Gasteiger partial charge is 0.308 e. The minimum atomic E-state index is -0.563. The van der Waals surface area contributed by atoms with Crippen molar-refractivity contribution in [2.24, 2.45) is 5.92 Å². The summed E-state index contributed by atoms with van der Waals surface area (Å²) in [7, 11) is 3.53. The number of amides is 1. The zero-order valence-corrected chi connectivity index (χ0v) is 26.5. The summed E-state index contributed by atoms with van der Waals surface area (Å²) in [5, 5.41) is 25.5. The molecule has 1 saturated heterocycles. The summed E-state index contributed by atoms with van der Waals surface area (Å²) in [6.45, 7) is 9.11. The first-order valence-corrected chi connectivity index (χ1v) is 15.2. The Labute approximate surface area is 258 Å². The van der Waals surface area contributed by atoms with Gasteiger partial charge < -0.3 is 29.4 Å². The molecule has 2 bridgehead atoms. The summed E-state index contributed by atoms with van der Waals surface area (Å²) in [6.07, 6.45) is 4.88. The van der Waals surface area contributed by atoms with Gasteiger partial charge in [0.1, 0.15) is 18.1 Å². The van der Waals surface area contributed by atoms with Gasteiger partial charge in [0.05, 0.1) is 25.3 Å². The fourth-order valence-corrected chi connectivity index (χ4v) is 7.37. The van der Waals surface area contributed by atoms with Gasteiger partial charge in [0, 0.05) is 48.2 Å². The van der Waals surface area contributed by atoms with Gasteiger partial charge >= 0.3 is 5.97 Å². The molecule has 44 heavy (non-hydrogen) atoms. The van der Waals surface area contributed by atoms with E-state index in [0.717, 1.165) is 22.3 Å². The van der Waals surface area contributed by atoms with Crippen molar-refractivity contribution in [3.8, 4) is 17.6 Å². The number of phenols is 1. The highest BCUT2D eigenvalue weighted by atomic mass is 16.7. The van der Waals surface area contributed by atoms with Crippen molar-refractivity contribution >= 4 is 11.9 Å². The van der Waals surface area contributed by atoms with E-state index in [-0.39, 0.29) is 49.0 Å². The van der Waals surface area contributed by atoms with E-state index < -0.39 is 18.1 Å². The van der Waals surface area contributed by atoms with Crippen molar-refractivity contribution in [2.75, 3.05) is 27.5 Å². The molecule has 6 atom stereocenters. The molecular formula is C33H42N4O7. The van der Waals surface area contributed by atoms with Crippen molar-refractivity contribution < 1.29 is 33.6 Å². The Balaban J connectivity index is 1.75. The molecule has 0 aromatic heterocycles. The molecule has 1 amide bonds. The Bertz CT molecular complexity index is 1470. The number of allylic oxidation sites excluding steroid dienone is 2. The van der Waals surface area contributed by atoms with Crippen LogP contribution in [0, 0.1) is 24.2 Å². The molecule has 236 valence electrons. The lowest BCUT2D eigenvalue weighted by molar-refractivity contribution is -0.136. The van der Waals surface area contributed by atoms with Gasteiger partial charge in [-0.05, 0) is 57.4 Å². The molecule has 0 spiro atoms. The number of aryl methyl sites for hydroxylation is 1. The van der Waals surface area contributed by atoms with Crippen molar-refractivity contribution in [3.63, 3.8) is 0 Å². The van der Waals surface area contributed by atoms with Crippen LogP contribution in [0.15, 0.2) is 41.1 Å². The topological polar surface area (TPSA) is 134 Å². The van der Waals surface area contributed by atoms with Gasteiger partial charge in [0.25, 0.3) is 0 Å². The first-order chi connectivity index (χ1) is 21.1. The summed E-state index contributed by atoms with van der Waals surface area (Å²) in [4.78, 5) is 29.7. The monoisotopic (exact) mass is 606 g/mol. The Kier molecular flexibility index (Phi) is 8.95. The summed E-state index contributed by atoms with van der Waals surface area (Å²) in [5.74, 6) is 0.596. The normalized spacial score (nSPS) is 27.2. The third-order valence-electron chi connectivity index (χ3n) is 9.53. The highest BCUT2D eigenvalue weighted by molar-refractivity contribution is 5.78. The lowest BCUT2D eigenvalue weighted by atomic mass is 9.71. The number of likely N-dealkylation sites (N-methyl/N-ethyl adjacent to an activating group) is 1. The number of nitrogens with zero attached hydrogens (tertiary/aromatic N) is 3. The van der Waals surface area contributed by atoms with Crippen LogP contribution in [0.5, 0.6) is 11.5 Å². The van der Waals surface area contributed by atoms with Crippen LogP contribution >= 0.6 is 0 Å². The molecule has 1 aromatic rings. The molecule has 11 nitrogen and oxygen atoms in total. The van der Waals surface area contributed by atoms with Gasteiger partial charge in [-0.2, -0.15) is 5.26 Å². The number of carbonyl (C=O) groups excluding carboxylic acids is 2. The number of aromatic hydroxyl groups is 1. The quantitative estimate of drug-likeness (QED) is 0.333. The third kappa shape index (κ3) is 5.20. The van der Waals surface area contributed by atoms with Crippen molar-refractivity contribution in [1.29, 1.82) is 5.26 Å². The molecule has 2 N–H and O–H groups in total. The second-order valence-electron chi connectivity index (χ2n) is 11.9. The number of carbonyl (C=O) groups is 2. The summed E-state index contributed by atoms with van der Waals surface area (Å²) in [5.41, 5.74) is 3.99. The van der Waals surface area contributed by atoms with Crippen LogP contribution in [-0.2, 0) is 30.2 Å². The van der Waals surface area contributed by atoms with Crippen LogP contribution in [-0.4, -0.2) is 78.4 Å². The second kappa shape index (κ2) is 12.5. The Morgan fingerprint density at radius 3 is 2.66 bits per heavy atom. The molecule has 1 aromatic carbocycles. The van der Waals surface area contributed by atoms with E-state index in [0.29, 0.717) is 42.1 Å². The van der Waals surface area contributed by atoms with E-state index >= 15 is 0 Å². The van der Waals surface area contributed by atoms with Crippen LogP contribution in [0.2, 0.25) is 0 Å². The van der Waals surface area contributed by atoms with Crippen molar-refractivity contribution in [3.05, 3.63) is 57.8 Å². The number of phenolic OH excluding ortho intramolecular Hbond substituents is 1. The van der Waals surface area contributed by atoms with Crippen molar-refractivity contribution in [1.82, 2.24) is 15.1 Å². The molecule has 5 rings (SSSR count). The Morgan fingerprint density at radius 2 is 2.07 bits per heavy atom. The average Bonchev–Trinajstić information content (AvgIpc) is 3.53. The molecule has 4 aliphatic rings. The molecule has 11 heteroatoms. The predicted octanol–water partition coefficient (Wildman–Crippen LogP) is 3.73. The fourth-order valence-electron chi connectivity index (χ4n) is 7.37. The molecule has 0 radical (unpaired) electrons. The summed E-state index contributed by atoms with van der Waals surface area (Å²) in [6, 6.07) is 2.66. The maximum atomic E-state index is 13.1. The third-order valence-corrected chi connectivity index (χ3v) is 9.53. The number of methoxy groups -OCH3 is 1. The molecule has 0 aliphatic carbocycles. The standard InChI is InChI=1S/C33H42N4O7/c1-8-17(3)33(40)35-14-25-29(27-15-42-16-43-27)21(26(9-2)44-19(5)38)12-23-30-28-20(10-18(4)32(41-7)31(28)39)11-22(36(30)6)24(13-34)37(23)25/h9-10,15,17,22-25,30,39H,8,11-12,14,16H2,1-7H3,(H,35,40)/b26-9-/t17?,22-,23?,24-,25-,30-/m0/s1. The predicted molar refractivity (Wildman–Crippen MR) is 161 cm³/mol. The molecule has 1 fully saturated rings. The molecule has 0 saturated carbocycles. The van der Waals surface area contributed by atoms with E-state index in [1.165, 1.54) is 13.2 Å². The number of piperazine rings is 1. The first-order valence-electron chi connectivity index (χ1n) is 15.2. The summed E-state index contributed by atoms with van der Waals surface area (Å²) < 4.78 is 22.8. The molecule has 2 unspecified atom stereocenters. The van der Waals surface area contributed by atoms with Gasteiger partial charge in [0.2, 0.25) is 12.7 Å². The molecule has 4 heterocycles. The van der Waals surface area contributed by atoms with E-state index in [4.69, 9.17) is 18.9 Å². The number of fused-ring (bicyclic) bond motifs is 6. The number of ether oxygens (including phenoxy) is 4. The van der Waals surface area contributed by atoms with Crippen molar-refractivity contribution in [2.45, 2.75) is 84.1 Å². The number of esters is 1. The Morgan fingerprint density at radius 1 is 1.32 bits per heavy atom. The minimum Gasteiger partial charge on any atom is -0.504 e. The zero-order chi connectivity index (χ0) is 31.9. The van der Waals surface area contributed by atoms with Gasteiger partial charge in [-0.3, -0.25) is 19.4 Å². The van der Waals surface area contributed by atoms with Crippen LogP contribution in [0.4, 0.5) is 0 Å². The lowest BCUT2D eigenvalue weighted by Crippen LogP contribution is -2.70.